The Balaban J connectivity index is 1.73. The van der Waals surface area contributed by atoms with Crippen LogP contribution < -0.4 is 10.3 Å². The molecule has 0 spiro atoms. The van der Waals surface area contributed by atoms with E-state index in [0.717, 1.165) is 48.4 Å². The van der Waals surface area contributed by atoms with Crippen LogP contribution in [0.5, 0.6) is 5.75 Å². The van der Waals surface area contributed by atoms with Crippen molar-refractivity contribution in [2.45, 2.75) is 45.3 Å². The van der Waals surface area contributed by atoms with Gasteiger partial charge in [0.15, 0.2) is 0 Å². The highest BCUT2D eigenvalue weighted by molar-refractivity contribution is 5.31. The molecule has 2 aromatic rings. The van der Waals surface area contributed by atoms with Crippen molar-refractivity contribution in [2.75, 3.05) is 20.2 Å². The molecule has 1 aromatic carbocycles. The first-order valence-electron chi connectivity index (χ1n) is 9.23. The van der Waals surface area contributed by atoms with Crippen molar-refractivity contribution in [1.29, 1.82) is 0 Å². The number of hydrogen-bond acceptors (Lipinski definition) is 5. The van der Waals surface area contributed by atoms with Crippen molar-refractivity contribution in [3.05, 3.63) is 57.3 Å². The van der Waals surface area contributed by atoms with Crippen LogP contribution in [0.2, 0.25) is 0 Å². The zero-order valence-electron chi connectivity index (χ0n) is 15.5. The number of nitrogens with zero attached hydrogens (tertiary/aromatic N) is 2. The molecule has 0 saturated carbocycles. The summed E-state index contributed by atoms with van der Waals surface area (Å²) in [5, 5.41) is 10.0. The second-order valence-corrected chi connectivity index (χ2v) is 6.89. The van der Waals surface area contributed by atoms with Gasteiger partial charge in [0.2, 0.25) is 0 Å². The molecule has 3 rings (SSSR count). The lowest BCUT2D eigenvalue weighted by molar-refractivity contribution is 0.0972. The largest absolute Gasteiger partial charge is 0.497 e. The fourth-order valence-electron chi connectivity index (χ4n) is 3.47. The van der Waals surface area contributed by atoms with Crippen molar-refractivity contribution in [2.24, 2.45) is 0 Å². The lowest BCUT2D eigenvalue weighted by atomic mass is 10.0. The minimum absolute atomic E-state index is 0.0671. The third-order valence-electron chi connectivity index (χ3n) is 4.79. The molecular formula is C20H27N3O3. The summed E-state index contributed by atoms with van der Waals surface area (Å²) in [6.07, 6.45) is 2.72. The first-order chi connectivity index (χ1) is 12.6. The Bertz CT molecular complexity index is 803. The summed E-state index contributed by atoms with van der Waals surface area (Å²) in [6.45, 7) is 4.05. The monoisotopic (exact) mass is 357 g/mol. The van der Waals surface area contributed by atoms with Crippen LogP contribution in [-0.4, -0.2) is 46.3 Å². The number of aliphatic hydroxyl groups is 1. The van der Waals surface area contributed by atoms with Gasteiger partial charge in [0.1, 0.15) is 11.6 Å². The number of hydrogen-bond donors (Lipinski definition) is 2. The van der Waals surface area contributed by atoms with Crippen LogP contribution in [-0.2, 0) is 19.4 Å². The second kappa shape index (κ2) is 8.47. The maximum atomic E-state index is 12.5. The van der Waals surface area contributed by atoms with E-state index < -0.39 is 0 Å². The first kappa shape index (κ1) is 18.6. The molecule has 1 aliphatic rings. The number of fused-ring (bicyclic) bond motifs is 1. The van der Waals surface area contributed by atoms with E-state index in [-0.39, 0.29) is 11.7 Å². The van der Waals surface area contributed by atoms with Gasteiger partial charge in [-0.1, -0.05) is 25.5 Å². The summed E-state index contributed by atoms with van der Waals surface area (Å²) >= 11 is 0. The molecule has 0 unspecified atom stereocenters. The zero-order chi connectivity index (χ0) is 18.5. The summed E-state index contributed by atoms with van der Waals surface area (Å²) in [7, 11) is 1.64. The van der Waals surface area contributed by atoms with Gasteiger partial charge in [-0.15, -0.1) is 0 Å². The number of benzene rings is 1. The van der Waals surface area contributed by atoms with Gasteiger partial charge in [-0.25, -0.2) is 4.98 Å². The van der Waals surface area contributed by atoms with E-state index in [0.29, 0.717) is 25.3 Å². The van der Waals surface area contributed by atoms with Crippen LogP contribution in [0.1, 0.15) is 42.4 Å². The molecule has 0 amide bonds. The van der Waals surface area contributed by atoms with E-state index in [9.17, 15) is 9.90 Å². The number of aromatic nitrogens is 2. The second-order valence-electron chi connectivity index (χ2n) is 6.89. The van der Waals surface area contributed by atoms with E-state index in [1.807, 2.05) is 24.3 Å². The number of H-pyrrole nitrogens is 1. The summed E-state index contributed by atoms with van der Waals surface area (Å²) in [6, 6.07) is 7.79. The molecule has 2 heterocycles. The topological polar surface area (TPSA) is 78.5 Å². The Labute approximate surface area is 153 Å². The van der Waals surface area contributed by atoms with Crippen molar-refractivity contribution in [3.63, 3.8) is 0 Å². The Morgan fingerprint density at radius 2 is 2.27 bits per heavy atom. The standard InChI is InChI=1S/C20H27N3O3/c1-3-5-15(24)12-23-9-8-18-17(13-23)20(25)22-19(21-18)11-14-6-4-7-16(10-14)26-2/h4,6-7,10,15,24H,3,5,8-9,11-13H2,1-2H3,(H,21,22,25)/t15-/m1/s1. The molecule has 0 saturated heterocycles. The van der Waals surface area contributed by atoms with Crippen LogP contribution in [0.15, 0.2) is 29.1 Å². The summed E-state index contributed by atoms with van der Waals surface area (Å²) in [5.41, 5.74) is 2.59. The van der Waals surface area contributed by atoms with Crippen molar-refractivity contribution >= 4 is 0 Å². The number of rotatable bonds is 7. The third kappa shape index (κ3) is 4.51. The quantitative estimate of drug-likeness (QED) is 0.791. The summed E-state index contributed by atoms with van der Waals surface area (Å²) < 4.78 is 5.25. The maximum absolute atomic E-state index is 12.5. The Kier molecular flexibility index (Phi) is 6.06. The normalized spacial score (nSPS) is 15.5. The molecule has 6 heteroatoms. The van der Waals surface area contributed by atoms with Crippen molar-refractivity contribution < 1.29 is 9.84 Å². The van der Waals surface area contributed by atoms with Crippen LogP contribution in [0.3, 0.4) is 0 Å². The van der Waals surface area contributed by atoms with Gasteiger partial charge in [-0.05, 0) is 24.1 Å². The van der Waals surface area contributed by atoms with Gasteiger partial charge in [-0.3, -0.25) is 9.69 Å². The van der Waals surface area contributed by atoms with Gasteiger partial charge in [0.05, 0.1) is 24.5 Å². The minimum atomic E-state index is -0.332. The molecule has 0 aliphatic carbocycles. The molecule has 0 fully saturated rings. The molecule has 1 atom stereocenters. The van der Waals surface area contributed by atoms with Crippen molar-refractivity contribution in [1.82, 2.24) is 14.9 Å². The fourth-order valence-corrected chi connectivity index (χ4v) is 3.47. The number of aliphatic hydroxyl groups excluding tert-OH is 1. The summed E-state index contributed by atoms with van der Waals surface area (Å²) in [4.78, 5) is 22.3. The van der Waals surface area contributed by atoms with E-state index in [2.05, 4.69) is 21.8 Å². The van der Waals surface area contributed by atoms with Gasteiger partial charge in [0.25, 0.3) is 5.56 Å². The third-order valence-corrected chi connectivity index (χ3v) is 4.79. The van der Waals surface area contributed by atoms with E-state index in [1.54, 1.807) is 7.11 Å². The highest BCUT2D eigenvalue weighted by atomic mass is 16.5. The molecule has 1 aliphatic heterocycles. The lowest BCUT2D eigenvalue weighted by Crippen LogP contribution is -2.40. The Morgan fingerprint density at radius 1 is 1.42 bits per heavy atom. The lowest BCUT2D eigenvalue weighted by Gasteiger charge is -2.29. The predicted octanol–water partition coefficient (Wildman–Crippen LogP) is 1.89. The average Bonchev–Trinajstić information content (AvgIpc) is 2.62. The van der Waals surface area contributed by atoms with E-state index >= 15 is 0 Å². The van der Waals surface area contributed by atoms with Gasteiger partial charge >= 0.3 is 0 Å². The van der Waals surface area contributed by atoms with Gasteiger partial charge < -0.3 is 14.8 Å². The molecule has 6 nitrogen and oxygen atoms in total. The Hall–Kier alpha value is -2.18. The van der Waals surface area contributed by atoms with E-state index in [1.165, 1.54) is 0 Å². The number of methoxy groups -OCH3 is 1. The molecule has 26 heavy (non-hydrogen) atoms. The first-order valence-corrected chi connectivity index (χ1v) is 9.23. The van der Waals surface area contributed by atoms with E-state index in [4.69, 9.17) is 4.74 Å². The smallest absolute Gasteiger partial charge is 0.255 e. The molecule has 0 bridgehead atoms. The van der Waals surface area contributed by atoms with Crippen molar-refractivity contribution in [3.8, 4) is 5.75 Å². The van der Waals surface area contributed by atoms with Gasteiger partial charge in [0, 0.05) is 32.5 Å². The van der Waals surface area contributed by atoms with Crippen LogP contribution in [0.25, 0.3) is 0 Å². The minimum Gasteiger partial charge on any atom is -0.497 e. The Morgan fingerprint density at radius 3 is 3.04 bits per heavy atom. The van der Waals surface area contributed by atoms with Crippen LogP contribution >= 0.6 is 0 Å². The van der Waals surface area contributed by atoms with Crippen LogP contribution in [0, 0.1) is 0 Å². The average molecular weight is 357 g/mol. The van der Waals surface area contributed by atoms with Crippen LogP contribution in [0.4, 0.5) is 0 Å². The molecule has 0 radical (unpaired) electrons. The number of nitrogens with one attached hydrogen (secondary N) is 1. The predicted molar refractivity (Wildman–Crippen MR) is 101 cm³/mol. The fraction of sp³-hybridized carbons (Fsp3) is 0.500. The highest BCUT2D eigenvalue weighted by Gasteiger charge is 2.22. The van der Waals surface area contributed by atoms with Gasteiger partial charge in [-0.2, -0.15) is 0 Å². The zero-order valence-corrected chi connectivity index (χ0v) is 15.5. The number of aromatic amines is 1. The maximum Gasteiger partial charge on any atom is 0.255 e. The number of ether oxygens (including phenoxy) is 1. The number of β-amino-alcohol motifs (C(OH)–C–C–N with tert-alkyl or cyclic N) is 1. The molecule has 140 valence electrons. The summed E-state index contributed by atoms with van der Waals surface area (Å²) in [5.74, 6) is 1.48. The molecule has 1 aromatic heterocycles. The molecular weight excluding hydrogens is 330 g/mol. The SMILES string of the molecule is CCC[C@@H](O)CN1CCc2nc(Cc3cccc(OC)c3)[nH]c(=O)c2C1. The highest BCUT2D eigenvalue weighted by Crippen LogP contribution is 2.17. The molecule has 2 N–H and O–H groups in total.